The molecule has 4 rings (SSSR count). The van der Waals surface area contributed by atoms with Gasteiger partial charge in [0.05, 0.1) is 29.7 Å². The van der Waals surface area contributed by atoms with E-state index in [1.807, 2.05) is 27.7 Å². The number of aromatic nitrogens is 3. The van der Waals surface area contributed by atoms with Gasteiger partial charge in [-0.05, 0) is 64.3 Å². The second-order valence-corrected chi connectivity index (χ2v) is 9.67. The maximum absolute atomic E-state index is 14.0. The third kappa shape index (κ3) is 4.75. The van der Waals surface area contributed by atoms with E-state index in [1.165, 1.54) is 13.0 Å². The molecule has 1 saturated heterocycles. The third-order valence-electron chi connectivity index (χ3n) is 6.28. The molecule has 7 nitrogen and oxygen atoms in total. The number of alkyl halides is 3. The molecule has 190 valence electrons. The molecule has 0 aliphatic carbocycles. The average Bonchev–Trinajstić information content (AvgIpc) is 3.33. The highest BCUT2D eigenvalue weighted by Crippen LogP contribution is 2.38. The van der Waals surface area contributed by atoms with Crippen molar-refractivity contribution < 1.29 is 32.0 Å². The van der Waals surface area contributed by atoms with Crippen LogP contribution in [0.15, 0.2) is 42.6 Å². The molecule has 1 aliphatic heterocycles. The zero-order valence-electron chi connectivity index (χ0n) is 20.3. The summed E-state index contributed by atoms with van der Waals surface area (Å²) in [7, 11) is -0.751. The molecule has 1 aromatic carbocycles. The van der Waals surface area contributed by atoms with E-state index in [2.05, 4.69) is 10.1 Å². The first-order valence-corrected chi connectivity index (χ1v) is 11.6. The van der Waals surface area contributed by atoms with Crippen LogP contribution in [0.4, 0.5) is 13.2 Å². The van der Waals surface area contributed by atoms with Gasteiger partial charge in [0.2, 0.25) is 0 Å². The number of hydrogen-bond acceptors (Lipinski definition) is 6. The van der Waals surface area contributed by atoms with E-state index in [9.17, 15) is 18.0 Å². The van der Waals surface area contributed by atoms with E-state index in [0.29, 0.717) is 26.4 Å². The Morgan fingerprint density at radius 1 is 1.14 bits per heavy atom. The molecule has 0 bridgehead atoms. The van der Waals surface area contributed by atoms with E-state index >= 15 is 0 Å². The number of ether oxygens (including phenoxy) is 1. The van der Waals surface area contributed by atoms with Gasteiger partial charge in [-0.25, -0.2) is 14.5 Å². The lowest BCUT2D eigenvalue weighted by atomic mass is 9.75. The van der Waals surface area contributed by atoms with Gasteiger partial charge in [-0.3, -0.25) is 0 Å². The lowest BCUT2D eigenvalue weighted by Gasteiger charge is -2.32. The van der Waals surface area contributed by atoms with Crippen LogP contribution in [0.1, 0.15) is 50.7 Å². The van der Waals surface area contributed by atoms with Gasteiger partial charge < -0.3 is 14.0 Å². The Kier molecular flexibility index (Phi) is 6.70. The van der Waals surface area contributed by atoms with Gasteiger partial charge in [0.1, 0.15) is 5.56 Å². The first-order valence-electron chi connectivity index (χ1n) is 11.2. The molecule has 0 atom stereocenters. The molecule has 0 saturated carbocycles. The number of carbonyl (C=O) groups is 1. The van der Waals surface area contributed by atoms with Crippen molar-refractivity contribution in [2.75, 3.05) is 6.61 Å². The second-order valence-electron chi connectivity index (χ2n) is 9.24. The highest BCUT2D eigenvalue weighted by atomic mass is 35.5. The first kappa shape index (κ1) is 26.2. The van der Waals surface area contributed by atoms with E-state index in [0.717, 1.165) is 6.20 Å². The van der Waals surface area contributed by atoms with Crippen molar-refractivity contribution in [2.45, 2.75) is 52.0 Å². The highest BCUT2D eigenvalue weighted by Gasteiger charge is 2.52. The van der Waals surface area contributed by atoms with Crippen molar-refractivity contribution in [1.82, 2.24) is 14.8 Å². The monoisotopic (exact) mass is 521 g/mol. The maximum atomic E-state index is 14.0. The number of pyridine rings is 1. The molecule has 0 amide bonds. The van der Waals surface area contributed by atoms with Gasteiger partial charge in [-0.1, -0.05) is 23.7 Å². The smallest absolute Gasteiger partial charge is 0.462 e. The van der Waals surface area contributed by atoms with Crippen molar-refractivity contribution >= 4 is 30.2 Å². The molecule has 0 unspecified atom stereocenters. The van der Waals surface area contributed by atoms with E-state index < -0.39 is 41.7 Å². The Bertz CT molecular complexity index is 1290. The summed E-state index contributed by atoms with van der Waals surface area (Å²) in [5.74, 6) is -1.26. The van der Waals surface area contributed by atoms with Crippen LogP contribution in [0.2, 0.25) is 5.02 Å². The molecule has 0 radical (unpaired) electrons. The summed E-state index contributed by atoms with van der Waals surface area (Å²) in [5, 5.41) is 4.20. The summed E-state index contributed by atoms with van der Waals surface area (Å²) < 4.78 is 59.6. The van der Waals surface area contributed by atoms with E-state index in [1.54, 1.807) is 30.3 Å². The topological polar surface area (TPSA) is 75.5 Å². The summed E-state index contributed by atoms with van der Waals surface area (Å²) in [4.78, 5) is 16.6. The van der Waals surface area contributed by atoms with Gasteiger partial charge in [-0.15, -0.1) is 0 Å². The van der Waals surface area contributed by atoms with E-state index in [-0.39, 0.29) is 12.4 Å². The first-order chi connectivity index (χ1) is 16.7. The Hall–Kier alpha value is -2.89. The second kappa shape index (κ2) is 9.21. The van der Waals surface area contributed by atoms with Gasteiger partial charge in [-0.2, -0.15) is 18.3 Å². The molecule has 1 aliphatic rings. The lowest BCUT2D eigenvalue weighted by molar-refractivity contribution is -0.143. The van der Waals surface area contributed by atoms with Crippen molar-refractivity contribution in [3.63, 3.8) is 0 Å². The third-order valence-corrected chi connectivity index (χ3v) is 6.52. The van der Waals surface area contributed by atoms with E-state index in [4.69, 9.17) is 25.6 Å². The largest absolute Gasteiger partial charge is 0.495 e. The molecule has 12 heteroatoms. The molecule has 2 aromatic heterocycles. The molecule has 0 spiro atoms. The van der Waals surface area contributed by atoms with Crippen molar-refractivity contribution in [2.24, 2.45) is 0 Å². The van der Waals surface area contributed by atoms with Crippen LogP contribution < -0.4 is 5.46 Å². The minimum atomic E-state index is -4.89. The number of halogens is 4. The number of benzene rings is 1. The fourth-order valence-corrected chi connectivity index (χ4v) is 3.94. The van der Waals surface area contributed by atoms with Gasteiger partial charge in [0.15, 0.2) is 11.5 Å². The Morgan fingerprint density at radius 2 is 1.81 bits per heavy atom. The van der Waals surface area contributed by atoms with Crippen LogP contribution in [-0.2, 0) is 20.2 Å². The Morgan fingerprint density at radius 3 is 2.42 bits per heavy atom. The fourth-order valence-electron chi connectivity index (χ4n) is 3.77. The summed E-state index contributed by atoms with van der Waals surface area (Å²) in [6, 6.07) is 9.59. The molecule has 3 heterocycles. The average molecular weight is 522 g/mol. The van der Waals surface area contributed by atoms with Crippen molar-refractivity contribution in [1.29, 1.82) is 0 Å². The summed E-state index contributed by atoms with van der Waals surface area (Å²) in [6.45, 7) is 9.09. The van der Waals surface area contributed by atoms with Crippen LogP contribution in [-0.4, -0.2) is 45.7 Å². The van der Waals surface area contributed by atoms with Crippen LogP contribution in [0, 0.1) is 0 Å². The quantitative estimate of drug-likeness (QED) is 0.344. The van der Waals surface area contributed by atoms with Crippen LogP contribution >= 0.6 is 11.6 Å². The highest BCUT2D eigenvalue weighted by molar-refractivity contribution is 6.64. The minimum absolute atomic E-state index is 0.0779. The zero-order chi connectivity index (χ0) is 26.5. The lowest BCUT2D eigenvalue weighted by Crippen LogP contribution is -2.41. The van der Waals surface area contributed by atoms with Gasteiger partial charge in [0, 0.05) is 10.6 Å². The van der Waals surface area contributed by atoms with Gasteiger partial charge >= 0.3 is 19.3 Å². The normalized spacial score (nSPS) is 16.9. The molecule has 0 N–H and O–H groups in total. The maximum Gasteiger partial charge on any atom is 0.495 e. The number of carbonyl (C=O) groups excluding carboxylic acids is 1. The summed E-state index contributed by atoms with van der Waals surface area (Å²) in [6.07, 6.45) is -4.06. The molecular formula is C24H24BClF3N3O4. The molecular weight excluding hydrogens is 498 g/mol. The molecule has 3 aromatic rings. The standard InChI is InChI=1S/C24H24BClF3N3O4/c1-6-34-21(33)16-13-30-32(20(16)24(27,28)29)19-9-7-8-18(31-19)15-12-14(26)10-11-17(15)25-35-22(2,3)23(4,5)36-25/h7-13H,6H2,1-5H3. The predicted octanol–water partition coefficient (Wildman–Crippen LogP) is 5.08. The van der Waals surface area contributed by atoms with Crippen molar-refractivity contribution in [3.05, 3.63) is 58.9 Å². The minimum Gasteiger partial charge on any atom is -0.462 e. The molecule has 36 heavy (non-hydrogen) atoms. The predicted molar refractivity (Wildman–Crippen MR) is 128 cm³/mol. The number of esters is 1. The number of nitrogens with zero attached hydrogens (tertiary/aromatic N) is 3. The van der Waals surface area contributed by atoms with Crippen molar-refractivity contribution in [3.8, 4) is 17.1 Å². The molecule has 1 fully saturated rings. The summed E-state index contributed by atoms with van der Waals surface area (Å²) >= 11 is 6.27. The SMILES string of the molecule is CCOC(=O)c1cnn(-c2cccc(-c3cc(Cl)ccc3B3OC(C)(C)C(C)(C)O3)n2)c1C(F)(F)F. The Labute approximate surface area is 211 Å². The Balaban J connectivity index is 1.82. The van der Waals surface area contributed by atoms with Gasteiger partial charge in [0.25, 0.3) is 0 Å². The van der Waals surface area contributed by atoms with Crippen LogP contribution in [0.5, 0.6) is 0 Å². The zero-order valence-corrected chi connectivity index (χ0v) is 21.1. The van der Waals surface area contributed by atoms with Crippen LogP contribution in [0.25, 0.3) is 17.1 Å². The fraction of sp³-hybridized carbons (Fsp3) is 0.375. The number of rotatable bonds is 5. The van der Waals surface area contributed by atoms with Crippen LogP contribution in [0.3, 0.4) is 0 Å². The summed E-state index contributed by atoms with van der Waals surface area (Å²) in [5.41, 5.74) is -1.73. The number of hydrogen-bond donors (Lipinski definition) is 0.